The van der Waals surface area contributed by atoms with E-state index in [0.717, 1.165) is 12.2 Å². The molecule has 0 bridgehead atoms. The highest BCUT2D eigenvalue weighted by Gasteiger charge is 2.45. The summed E-state index contributed by atoms with van der Waals surface area (Å²) in [6.45, 7) is 7.01. The molecule has 0 radical (unpaired) electrons. The Morgan fingerprint density at radius 2 is 2.24 bits per heavy atom. The van der Waals surface area contributed by atoms with Crippen molar-refractivity contribution in [2.45, 2.75) is 27.2 Å². The number of aryl methyl sites for hydroxylation is 1. The van der Waals surface area contributed by atoms with Crippen LogP contribution in [0.15, 0.2) is 12.1 Å². The topological polar surface area (TPSA) is 42.0 Å². The van der Waals surface area contributed by atoms with E-state index < -0.39 is 0 Å². The van der Waals surface area contributed by atoms with Crippen LogP contribution in [0.2, 0.25) is 5.15 Å². The maximum atomic E-state index is 11.9. The highest BCUT2D eigenvalue weighted by molar-refractivity contribution is 6.29. The van der Waals surface area contributed by atoms with Crippen molar-refractivity contribution >= 4 is 17.5 Å². The van der Waals surface area contributed by atoms with Crippen LogP contribution in [0.3, 0.4) is 0 Å². The fraction of sp³-hybridized carbons (Fsp3) is 0.538. The van der Waals surface area contributed by atoms with Crippen LogP contribution in [0.1, 0.15) is 36.3 Å². The van der Waals surface area contributed by atoms with Gasteiger partial charge in [0, 0.05) is 17.8 Å². The molecular weight excluding hydrogens is 236 g/mol. The van der Waals surface area contributed by atoms with Crippen molar-refractivity contribution in [1.82, 2.24) is 10.3 Å². The molecule has 1 N–H and O–H groups in total. The molecule has 3 nitrogen and oxygen atoms in total. The molecule has 1 aromatic rings. The number of amides is 1. The number of rotatable bonds is 3. The first-order chi connectivity index (χ1) is 7.88. The lowest BCUT2D eigenvalue weighted by Gasteiger charge is -2.07. The van der Waals surface area contributed by atoms with Crippen LogP contribution in [0, 0.1) is 18.3 Å². The van der Waals surface area contributed by atoms with Gasteiger partial charge in [0.1, 0.15) is 5.15 Å². The molecule has 1 amide bonds. The van der Waals surface area contributed by atoms with Gasteiger partial charge in [-0.25, -0.2) is 4.98 Å². The van der Waals surface area contributed by atoms with Crippen molar-refractivity contribution in [1.29, 1.82) is 0 Å². The number of pyridine rings is 1. The molecule has 1 saturated carbocycles. The van der Waals surface area contributed by atoms with Gasteiger partial charge in [0.2, 0.25) is 0 Å². The second-order valence-electron chi connectivity index (χ2n) is 5.42. The van der Waals surface area contributed by atoms with Crippen molar-refractivity contribution in [2.24, 2.45) is 11.3 Å². The summed E-state index contributed by atoms with van der Waals surface area (Å²) in [7, 11) is 0. The van der Waals surface area contributed by atoms with E-state index >= 15 is 0 Å². The van der Waals surface area contributed by atoms with Crippen molar-refractivity contribution < 1.29 is 4.79 Å². The number of aromatic nitrogens is 1. The summed E-state index contributed by atoms with van der Waals surface area (Å²) in [5, 5.41) is 3.31. The predicted molar refractivity (Wildman–Crippen MR) is 68.2 cm³/mol. The number of carbonyl (C=O) groups excluding carboxylic acids is 1. The van der Waals surface area contributed by atoms with Crippen LogP contribution >= 0.6 is 11.6 Å². The minimum atomic E-state index is -0.0694. The lowest BCUT2D eigenvalue weighted by Crippen LogP contribution is -2.26. The summed E-state index contributed by atoms with van der Waals surface area (Å²) in [5.74, 6) is 0.532. The van der Waals surface area contributed by atoms with Gasteiger partial charge in [-0.05, 0) is 36.8 Å². The average Bonchev–Trinajstić information content (AvgIpc) is 2.81. The van der Waals surface area contributed by atoms with E-state index in [9.17, 15) is 4.79 Å². The summed E-state index contributed by atoms with van der Waals surface area (Å²) >= 11 is 5.82. The Morgan fingerprint density at radius 1 is 1.59 bits per heavy atom. The average molecular weight is 253 g/mol. The van der Waals surface area contributed by atoms with Gasteiger partial charge in [-0.1, -0.05) is 25.4 Å². The second kappa shape index (κ2) is 4.30. The van der Waals surface area contributed by atoms with Gasteiger partial charge in [0.05, 0.1) is 0 Å². The fourth-order valence-corrected chi connectivity index (χ4v) is 2.25. The van der Waals surface area contributed by atoms with Gasteiger partial charge in [-0.15, -0.1) is 0 Å². The summed E-state index contributed by atoms with van der Waals surface area (Å²) in [6.07, 6.45) is 1.18. The number of hydrogen-bond donors (Lipinski definition) is 1. The van der Waals surface area contributed by atoms with E-state index in [1.807, 2.05) is 6.92 Å². The third-order valence-electron chi connectivity index (χ3n) is 3.41. The number of halogens is 1. The Bertz CT molecular complexity index is 436. The Morgan fingerprint density at radius 3 is 2.76 bits per heavy atom. The standard InChI is InChI=1S/C13H17ClN2O/c1-8-4-9(5-11(14)16-8)12(17)15-7-10-6-13(10,2)3/h4-5,10H,6-7H2,1-3H3,(H,15,17). The quantitative estimate of drug-likeness (QED) is 0.841. The molecule has 0 saturated heterocycles. The van der Waals surface area contributed by atoms with Crippen LogP contribution < -0.4 is 5.32 Å². The zero-order valence-corrected chi connectivity index (χ0v) is 11.1. The van der Waals surface area contributed by atoms with Crippen LogP contribution in [0.4, 0.5) is 0 Å². The Balaban J connectivity index is 1.95. The molecule has 1 atom stereocenters. The summed E-state index contributed by atoms with van der Waals surface area (Å²) in [5.41, 5.74) is 1.73. The van der Waals surface area contributed by atoms with Gasteiger partial charge in [-0.2, -0.15) is 0 Å². The van der Waals surface area contributed by atoms with E-state index in [-0.39, 0.29) is 5.91 Å². The second-order valence-corrected chi connectivity index (χ2v) is 5.81. The highest BCUT2D eigenvalue weighted by Crippen LogP contribution is 2.50. The van der Waals surface area contributed by atoms with Crippen LogP contribution in [0.5, 0.6) is 0 Å². The number of nitrogens with one attached hydrogen (secondary N) is 1. The molecule has 17 heavy (non-hydrogen) atoms. The van der Waals surface area contributed by atoms with Crippen LogP contribution in [-0.2, 0) is 0 Å². The molecule has 1 aliphatic carbocycles. The predicted octanol–water partition coefficient (Wildman–Crippen LogP) is 2.82. The monoisotopic (exact) mass is 252 g/mol. The minimum absolute atomic E-state index is 0.0694. The normalized spacial score (nSPS) is 21.1. The number of nitrogens with zero attached hydrogens (tertiary/aromatic N) is 1. The molecule has 1 aliphatic rings. The Hall–Kier alpha value is -1.09. The minimum Gasteiger partial charge on any atom is -0.352 e. The Kier molecular flexibility index (Phi) is 3.13. The van der Waals surface area contributed by atoms with Crippen molar-refractivity contribution in [2.75, 3.05) is 6.54 Å². The lowest BCUT2D eigenvalue weighted by atomic mass is 10.1. The molecule has 0 aromatic carbocycles. The summed E-state index contributed by atoms with van der Waals surface area (Å²) in [6, 6.07) is 3.35. The molecule has 1 unspecified atom stereocenters. The highest BCUT2D eigenvalue weighted by atomic mass is 35.5. The molecular formula is C13H17ClN2O. The van der Waals surface area contributed by atoms with Gasteiger partial charge in [0.25, 0.3) is 5.91 Å². The molecule has 0 aliphatic heterocycles. The van der Waals surface area contributed by atoms with E-state index in [1.165, 1.54) is 6.42 Å². The maximum Gasteiger partial charge on any atom is 0.251 e. The van der Waals surface area contributed by atoms with Crippen LogP contribution in [0.25, 0.3) is 0 Å². The zero-order chi connectivity index (χ0) is 12.6. The van der Waals surface area contributed by atoms with E-state index in [4.69, 9.17) is 11.6 Å². The molecule has 4 heteroatoms. The van der Waals surface area contributed by atoms with E-state index in [0.29, 0.717) is 22.0 Å². The molecule has 1 fully saturated rings. The van der Waals surface area contributed by atoms with E-state index in [2.05, 4.69) is 24.1 Å². The van der Waals surface area contributed by atoms with Gasteiger partial charge in [-0.3, -0.25) is 4.79 Å². The van der Waals surface area contributed by atoms with Gasteiger partial charge >= 0.3 is 0 Å². The lowest BCUT2D eigenvalue weighted by molar-refractivity contribution is 0.0950. The molecule has 2 rings (SSSR count). The van der Waals surface area contributed by atoms with Gasteiger partial charge in [0.15, 0.2) is 0 Å². The molecule has 1 aromatic heterocycles. The third kappa shape index (κ3) is 2.97. The zero-order valence-electron chi connectivity index (χ0n) is 10.4. The van der Waals surface area contributed by atoms with Crippen molar-refractivity contribution in [3.8, 4) is 0 Å². The largest absolute Gasteiger partial charge is 0.352 e. The summed E-state index contributed by atoms with van der Waals surface area (Å²) < 4.78 is 0. The first-order valence-corrected chi connectivity index (χ1v) is 6.19. The van der Waals surface area contributed by atoms with Crippen LogP contribution in [-0.4, -0.2) is 17.4 Å². The molecule has 1 heterocycles. The SMILES string of the molecule is Cc1cc(C(=O)NCC2CC2(C)C)cc(Cl)n1. The summed E-state index contributed by atoms with van der Waals surface area (Å²) in [4.78, 5) is 15.9. The first-order valence-electron chi connectivity index (χ1n) is 5.81. The third-order valence-corrected chi connectivity index (χ3v) is 3.60. The number of carbonyl (C=O) groups is 1. The van der Waals surface area contributed by atoms with Gasteiger partial charge < -0.3 is 5.32 Å². The smallest absolute Gasteiger partial charge is 0.251 e. The Labute approximate surface area is 107 Å². The fourth-order valence-electron chi connectivity index (χ4n) is 2.00. The van der Waals surface area contributed by atoms with E-state index in [1.54, 1.807) is 12.1 Å². The first kappa shape index (κ1) is 12.4. The van der Waals surface area contributed by atoms with Crippen molar-refractivity contribution in [3.05, 3.63) is 28.5 Å². The number of hydrogen-bond acceptors (Lipinski definition) is 2. The molecule has 92 valence electrons. The maximum absolute atomic E-state index is 11.9. The molecule has 0 spiro atoms. The van der Waals surface area contributed by atoms with Crippen molar-refractivity contribution in [3.63, 3.8) is 0 Å².